The Morgan fingerprint density at radius 3 is 2.65 bits per heavy atom. The van der Waals surface area contributed by atoms with E-state index in [-0.39, 0.29) is 11.5 Å². The Balaban J connectivity index is 1.81. The summed E-state index contributed by atoms with van der Waals surface area (Å²) in [6.07, 6.45) is 4.53. The number of hydrogen-bond donors (Lipinski definition) is 1. The third-order valence-corrected chi connectivity index (χ3v) is 5.62. The van der Waals surface area contributed by atoms with E-state index in [4.69, 9.17) is 10.3 Å². The van der Waals surface area contributed by atoms with Gasteiger partial charge < -0.3 is 15.2 Å². The number of hydrogen-bond acceptors (Lipinski definition) is 5. The molecule has 5 nitrogen and oxygen atoms in total. The van der Waals surface area contributed by atoms with Crippen molar-refractivity contribution in [2.24, 2.45) is 17.1 Å². The predicted octanol–water partition coefficient (Wildman–Crippen LogP) is 2.54. The lowest BCUT2D eigenvalue weighted by molar-refractivity contribution is 0.0806. The van der Waals surface area contributed by atoms with Crippen LogP contribution in [0.15, 0.2) is 4.52 Å². The second kappa shape index (κ2) is 5.02. The van der Waals surface area contributed by atoms with E-state index in [9.17, 15) is 0 Å². The van der Waals surface area contributed by atoms with Crippen molar-refractivity contribution in [2.75, 3.05) is 18.0 Å². The zero-order chi connectivity index (χ0) is 14.3. The van der Waals surface area contributed by atoms with Crippen molar-refractivity contribution in [3.63, 3.8) is 0 Å². The van der Waals surface area contributed by atoms with Crippen LogP contribution in [0.3, 0.4) is 0 Å². The number of nitrogens with zero attached hydrogens (tertiary/aromatic N) is 3. The maximum atomic E-state index is 6.22. The molecule has 20 heavy (non-hydrogen) atoms. The highest BCUT2D eigenvalue weighted by Gasteiger charge is 2.45. The Hall–Kier alpha value is -1.10. The monoisotopic (exact) mass is 278 g/mol. The third kappa shape index (κ3) is 2.22. The van der Waals surface area contributed by atoms with Gasteiger partial charge in [0.25, 0.3) is 5.95 Å². The largest absolute Gasteiger partial charge is 0.338 e. The molecule has 0 amide bonds. The van der Waals surface area contributed by atoms with Crippen LogP contribution in [-0.4, -0.2) is 29.3 Å². The summed E-state index contributed by atoms with van der Waals surface area (Å²) in [5.74, 6) is 2.36. The molecule has 2 aliphatic rings. The van der Waals surface area contributed by atoms with Gasteiger partial charge in [-0.15, -0.1) is 0 Å². The van der Waals surface area contributed by atoms with Crippen molar-refractivity contribution in [2.45, 2.75) is 58.4 Å². The van der Waals surface area contributed by atoms with Crippen LogP contribution >= 0.6 is 0 Å². The van der Waals surface area contributed by atoms with E-state index in [1.165, 1.54) is 12.8 Å². The minimum absolute atomic E-state index is 0.104. The Labute approximate surface area is 120 Å². The summed E-state index contributed by atoms with van der Waals surface area (Å²) < 4.78 is 5.59. The van der Waals surface area contributed by atoms with Gasteiger partial charge in [0, 0.05) is 25.0 Å². The minimum Gasteiger partial charge on any atom is -0.338 e. The minimum atomic E-state index is 0.104. The van der Waals surface area contributed by atoms with Crippen molar-refractivity contribution in [3.05, 3.63) is 5.89 Å². The zero-order valence-corrected chi connectivity index (χ0v) is 12.8. The normalized spacial score (nSPS) is 33.6. The van der Waals surface area contributed by atoms with Crippen LogP contribution in [-0.2, 0) is 0 Å². The molecule has 0 bridgehead atoms. The predicted molar refractivity (Wildman–Crippen MR) is 78.6 cm³/mol. The molecule has 5 heteroatoms. The topological polar surface area (TPSA) is 68.2 Å². The van der Waals surface area contributed by atoms with Crippen molar-refractivity contribution >= 4 is 5.95 Å². The quantitative estimate of drug-likeness (QED) is 0.900. The maximum absolute atomic E-state index is 6.22. The van der Waals surface area contributed by atoms with Gasteiger partial charge in [-0.1, -0.05) is 20.8 Å². The Morgan fingerprint density at radius 2 is 1.95 bits per heavy atom. The molecule has 3 unspecified atom stereocenters. The van der Waals surface area contributed by atoms with Gasteiger partial charge in [-0.25, -0.2) is 0 Å². The molecule has 3 atom stereocenters. The van der Waals surface area contributed by atoms with E-state index in [1.807, 2.05) is 0 Å². The number of aromatic nitrogens is 2. The molecule has 1 aliphatic heterocycles. The smallest absolute Gasteiger partial charge is 0.266 e. The highest BCUT2D eigenvalue weighted by atomic mass is 16.5. The Bertz CT molecular complexity index is 464. The van der Waals surface area contributed by atoms with E-state index in [0.717, 1.165) is 37.8 Å². The first-order valence-electron chi connectivity index (χ1n) is 7.84. The van der Waals surface area contributed by atoms with Crippen molar-refractivity contribution in [1.29, 1.82) is 0 Å². The molecule has 0 spiro atoms. The molecule has 1 saturated heterocycles. The Morgan fingerprint density at radius 1 is 1.25 bits per heavy atom. The van der Waals surface area contributed by atoms with Gasteiger partial charge in [-0.05, 0) is 42.2 Å². The van der Waals surface area contributed by atoms with Crippen LogP contribution in [0, 0.1) is 11.3 Å². The van der Waals surface area contributed by atoms with E-state index in [1.54, 1.807) is 0 Å². The van der Waals surface area contributed by atoms with Crippen LogP contribution in [0.5, 0.6) is 0 Å². The lowest BCUT2D eigenvalue weighted by Gasteiger charge is -2.45. The number of anilines is 1. The summed E-state index contributed by atoms with van der Waals surface area (Å²) in [6, 6.07) is 0.280. The van der Waals surface area contributed by atoms with Gasteiger partial charge in [0.2, 0.25) is 5.89 Å². The summed E-state index contributed by atoms with van der Waals surface area (Å²) in [7, 11) is 0. The van der Waals surface area contributed by atoms with Crippen LogP contribution in [0.25, 0.3) is 0 Å². The molecule has 1 aromatic heterocycles. The second-order valence-corrected chi connectivity index (χ2v) is 7.03. The van der Waals surface area contributed by atoms with Gasteiger partial charge in [0.1, 0.15) is 0 Å². The molecule has 1 saturated carbocycles. The second-order valence-electron chi connectivity index (χ2n) is 7.03. The lowest BCUT2D eigenvalue weighted by atomic mass is 9.61. The fourth-order valence-electron chi connectivity index (χ4n) is 3.71. The summed E-state index contributed by atoms with van der Waals surface area (Å²) >= 11 is 0. The fraction of sp³-hybridized carbons (Fsp3) is 0.867. The van der Waals surface area contributed by atoms with Gasteiger partial charge >= 0.3 is 0 Å². The first-order valence-corrected chi connectivity index (χ1v) is 7.84. The summed E-state index contributed by atoms with van der Waals surface area (Å²) in [5.41, 5.74) is 6.33. The number of rotatable bonds is 2. The molecule has 0 aromatic carbocycles. The molecule has 1 aliphatic carbocycles. The fourth-order valence-corrected chi connectivity index (χ4v) is 3.71. The Kier molecular flexibility index (Phi) is 3.48. The summed E-state index contributed by atoms with van der Waals surface area (Å²) in [6.45, 7) is 8.90. The summed E-state index contributed by atoms with van der Waals surface area (Å²) in [4.78, 5) is 6.90. The third-order valence-electron chi connectivity index (χ3n) is 5.62. The average Bonchev–Trinajstić information content (AvgIpc) is 3.06. The summed E-state index contributed by atoms with van der Waals surface area (Å²) in [5, 5.41) is 4.19. The van der Waals surface area contributed by atoms with Gasteiger partial charge in [-0.3, -0.25) is 0 Å². The molecule has 2 N–H and O–H groups in total. The first-order chi connectivity index (χ1) is 9.50. The van der Waals surface area contributed by atoms with Gasteiger partial charge in [0.15, 0.2) is 0 Å². The molecule has 1 aromatic rings. The zero-order valence-electron chi connectivity index (χ0n) is 12.8. The molecule has 2 heterocycles. The highest BCUT2D eigenvalue weighted by Crippen LogP contribution is 2.49. The van der Waals surface area contributed by atoms with Crippen molar-refractivity contribution in [3.8, 4) is 0 Å². The SMILES string of the molecule is CC1C(N)CCC(c2nc(N3CCCC3)no2)C1(C)C. The van der Waals surface area contributed by atoms with Crippen molar-refractivity contribution < 1.29 is 4.52 Å². The van der Waals surface area contributed by atoms with Crippen molar-refractivity contribution in [1.82, 2.24) is 10.1 Å². The number of nitrogens with two attached hydrogens (primary N) is 1. The standard InChI is InChI=1S/C15H26N4O/c1-10-12(16)7-6-11(15(10,2)3)13-17-14(18-20-13)19-8-4-5-9-19/h10-12H,4-9,16H2,1-3H3. The highest BCUT2D eigenvalue weighted by molar-refractivity contribution is 5.29. The molecule has 3 rings (SSSR count). The van der Waals surface area contributed by atoms with Crippen LogP contribution in [0.2, 0.25) is 0 Å². The van der Waals surface area contributed by atoms with E-state index < -0.39 is 0 Å². The van der Waals surface area contributed by atoms with Gasteiger partial charge in [-0.2, -0.15) is 4.98 Å². The van der Waals surface area contributed by atoms with E-state index >= 15 is 0 Å². The van der Waals surface area contributed by atoms with E-state index in [0.29, 0.717) is 11.8 Å². The molecule has 0 radical (unpaired) electrons. The average molecular weight is 278 g/mol. The molecule has 112 valence electrons. The molecule has 2 fully saturated rings. The van der Waals surface area contributed by atoms with Crippen LogP contribution in [0.1, 0.15) is 58.3 Å². The van der Waals surface area contributed by atoms with E-state index in [2.05, 4.69) is 35.8 Å². The van der Waals surface area contributed by atoms with Gasteiger partial charge in [0.05, 0.1) is 0 Å². The molecular formula is C15H26N4O. The first kappa shape index (κ1) is 13.9. The van der Waals surface area contributed by atoms with Crippen LogP contribution in [0.4, 0.5) is 5.95 Å². The molecular weight excluding hydrogens is 252 g/mol. The maximum Gasteiger partial charge on any atom is 0.266 e. The van der Waals surface area contributed by atoms with Crippen LogP contribution < -0.4 is 10.6 Å². The lowest BCUT2D eigenvalue weighted by Crippen LogP contribution is -2.45.